The van der Waals surface area contributed by atoms with E-state index >= 15 is 0 Å². The molecule has 2 aromatic rings. The molecule has 0 bridgehead atoms. The first-order chi connectivity index (χ1) is 9.62. The van der Waals surface area contributed by atoms with Gasteiger partial charge < -0.3 is 9.47 Å². The van der Waals surface area contributed by atoms with Crippen LogP contribution in [0.15, 0.2) is 18.2 Å². The second-order valence-electron chi connectivity index (χ2n) is 3.84. The molecule has 0 unspecified atom stereocenters. The Bertz CT molecular complexity index is 608. The van der Waals surface area contributed by atoms with E-state index in [1.54, 1.807) is 12.1 Å². The molecule has 0 fully saturated rings. The normalized spacial score (nSPS) is 10.2. The summed E-state index contributed by atoms with van der Waals surface area (Å²) in [4.78, 5) is 11.9. The van der Waals surface area contributed by atoms with E-state index in [1.165, 1.54) is 0 Å². The molecule has 0 aliphatic heterocycles. The van der Waals surface area contributed by atoms with Crippen molar-refractivity contribution in [2.45, 2.75) is 13.8 Å². The molecule has 8 heteroatoms. The third-order valence-electron chi connectivity index (χ3n) is 2.28. The second kappa shape index (κ2) is 6.36. The fourth-order valence-corrected chi connectivity index (χ4v) is 1.59. The summed E-state index contributed by atoms with van der Waals surface area (Å²) >= 11 is 6.05. The lowest BCUT2D eigenvalue weighted by molar-refractivity contribution is 0.304. The molecular formula is C12H14ClN5O2. The average molecular weight is 296 g/mol. The number of anilines is 1. The number of ether oxygens (including phenoxy) is 2. The Labute approximate surface area is 121 Å². The minimum atomic E-state index is 0.0453. The fraction of sp³-hybridized carbons (Fsp3) is 0.250. The highest BCUT2D eigenvalue weighted by atomic mass is 35.5. The summed E-state index contributed by atoms with van der Waals surface area (Å²) < 4.78 is 10.8. The number of hydrogen-bond acceptors (Lipinski definition) is 7. The Morgan fingerprint density at radius 3 is 2.70 bits per heavy atom. The van der Waals surface area contributed by atoms with Gasteiger partial charge in [-0.3, -0.25) is 5.43 Å². The van der Waals surface area contributed by atoms with Gasteiger partial charge in [-0.1, -0.05) is 17.7 Å². The monoisotopic (exact) mass is 295 g/mol. The van der Waals surface area contributed by atoms with Crippen LogP contribution < -0.4 is 20.7 Å². The van der Waals surface area contributed by atoms with Gasteiger partial charge in [0.2, 0.25) is 5.95 Å². The molecule has 0 aliphatic rings. The van der Waals surface area contributed by atoms with E-state index in [4.69, 9.17) is 26.9 Å². The zero-order chi connectivity index (χ0) is 14.5. The van der Waals surface area contributed by atoms with E-state index in [9.17, 15) is 0 Å². The van der Waals surface area contributed by atoms with Crippen molar-refractivity contribution >= 4 is 17.5 Å². The van der Waals surface area contributed by atoms with Gasteiger partial charge in [-0.25, -0.2) is 5.84 Å². The number of aromatic nitrogens is 3. The van der Waals surface area contributed by atoms with Crippen molar-refractivity contribution in [3.63, 3.8) is 0 Å². The maximum absolute atomic E-state index is 6.05. The topological polar surface area (TPSA) is 95.2 Å². The molecule has 0 amide bonds. The number of nitrogen functional groups attached to an aromatic ring is 1. The standard InChI is InChI=1S/C12H14ClN5O2/c1-3-19-11-15-10(18-14)16-12(17-11)20-9-6-7(2)4-5-8(9)13/h4-6H,3,14H2,1-2H3,(H,15,16,17,18). The zero-order valence-electron chi connectivity index (χ0n) is 11.1. The van der Waals surface area contributed by atoms with Crippen molar-refractivity contribution in [2.75, 3.05) is 12.0 Å². The molecule has 20 heavy (non-hydrogen) atoms. The molecule has 0 saturated carbocycles. The Balaban J connectivity index is 2.32. The lowest BCUT2D eigenvalue weighted by atomic mass is 10.2. The summed E-state index contributed by atoms with van der Waals surface area (Å²) in [6.45, 7) is 4.16. The van der Waals surface area contributed by atoms with Crippen LogP contribution in [-0.2, 0) is 0 Å². The second-order valence-corrected chi connectivity index (χ2v) is 4.24. The van der Waals surface area contributed by atoms with Gasteiger partial charge in [0.15, 0.2) is 0 Å². The van der Waals surface area contributed by atoms with E-state index in [0.29, 0.717) is 17.4 Å². The third kappa shape index (κ3) is 3.46. The van der Waals surface area contributed by atoms with Gasteiger partial charge in [0.25, 0.3) is 0 Å². The Morgan fingerprint density at radius 1 is 1.25 bits per heavy atom. The molecular weight excluding hydrogens is 282 g/mol. The van der Waals surface area contributed by atoms with Crippen molar-refractivity contribution in [3.8, 4) is 17.8 Å². The Hall–Kier alpha value is -2.12. The summed E-state index contributed by atoms with van der Waals surface area (Å²) in [5.74, 6) is 5.88. The highest BCUT2D eigenvalue weighted by Gasteiger charge is 2.10. The first-order valence-corrected chi connectivity index (χ1v) is 6.29. The van der Waals surface area contributed by atoms with Gasteiger partial charge >= 0.3 is 12.0 Å². The van der Waals surface area contributed by atoms with Crippen LogP contribution in [0.4, 0.5) is 5.95 Å². The minimum Gasteiger partial charge on any atom is -0.464 e. The van der Waals surface area contributed by atoms with Crippen LogP contribution >= 0.6 is 11.6 Å². The number of hydrogen-bond donors (Lipinski definition) is 2. The van der Waals surface area contributed by atoms with E-state index < -0.39 is 0 Å². The third-order valence-corrected chi connectivity index (χ3v) is 2.60. The maximum Gasteiger partial charge on any atom is 0.330 e. The quantitative estimate of drug-likeness (QED) is 0.645. The van der Waals surface area contributed by atoms with Crippen molar-refractivity contribution in [1.29, 1.82) is 0 Å². The highest BCUT2D eigenvalue weighted by molar-refractivity contribution is 6.32. The SMILES string of the molecule is CCOc1nc(NN)nc(Oc2cc(C)ccc2Cl)n1. The van der Waals surface area contributed by atoms with Crippen molar-refractivity contribution in [2.24, 2.45) is 5.84 Å². The zero-order valence-corrected chi connectivity index (χ0v) is 11.8. The number of hydrazine groups is 1. The molecule has 106 valence electrons. The minimum absolute atomic E-state index is 0.0453. The van der Waals surface area contributed by atoms with Crippen LogP contribution in [0, 0.1) is 6.92 Å². The van der Waals surface area contributed by atoms with Crippen molar-refractivity contribution < 1.29 is 9.47 Å². The number of nitrogens with one attached hydrogen (secondary N) is 1. The number of nitrogens with zero attached hydrogens (tertiary/aromatic N) is 3. The van der Waals surface area contributed by atoms with E-state index in [1.807, 2.05) is 19.9 Å². The molecule has 1 heterocycles. The molecule has 1 aromatic carbocycles. The van der Waals surface area contributed by atoms with Crippen LogP contribution in [0.3, 0.4) is 0 Å². The molecule has 0 spiro atoms. The summed E-state index contributed by atoms with van der Waals surface area (Å²) in [6, 6.07) is 5.56. The van der Waals surface area contributed by atoms with Crippen molar-refractivity contribution in [3.05, 3.63) is 28.8 Å². The number of rotatable bonds is 5. The molecule has 0 saturated heterocycles. The van der Waals surface area contributed by atoms with Crippen LogP contribution in [-0.4, -0.2) is 21.6 Å². The van der Waals surface area contributed by atoms with Gasteiger partial charge in [0.05, 0.1) is 11.6 Å². The van der Waals surface area contributed by atoms with Gasteiger partial charge in [-0.2, -0.15) is 9.97 Å². The largest absolute Gasteiger partial charge is 0.464 e. The van der Waals surface area contributed by atoms with Gasteiger partial charge in [0.1, 0.15) is 5.75 Å². The van der Waals surface area contributed by atoms with E-state index in [2.05, 4.69) is 20.4 Å². The average Bonchev–Trinajstić information content (AvgIpc) is 2.43. The first kappa shape index (κ1) is 14.3. The lowest BCUT2D eigenvalue weighted by Gasteiger charge is -2.09. The van der Waals surface area contributed by atoms with Crippen LogP contribution in [0.2, 0.25) is 5.02 Å². The van der Waals surface area contributed by atoms with Crippen LogP contribution in [0.1, 0.15) is 12.5 Å². The summed E-state index contributed by atoms with van der Waals surface area (Å²) in [7, 11) is 0. The Morgan fingerprint density at radius 2 is 2.00 bits per heavy atom. The lowest BCUT2D eigenvalue weighted by Crippen LogP contribution is -2.12. The number of aryl methyl sites for hydroxylation is 1. The molecule has 3 N–H and O–H groups in total. The molecule has 7 nitrogen and oxygen atoms in total. The summed E-state index contributed by atoms with van der Waals surface area (Å²) in [5.41, 5.74) is 3.32. The Kier molecular flexibility index (Phi) is 4.54. The summed E-state index contributed by atoms with van der Waals surface area (Å²) in [6.07, 6.45) is 0. The maximum atomic E-state index is 6.05. The smallest absolute Gasteiger partial charge is 0.330 e. The van der Waals surface area contributed by atoms with E-state index in [-0.39, 0.29) is 18.0 Å². The molecule has 1 aromatic heterocycles. The molecule has 2 rings (SSSR count). The van der Waals surface area contributed by atoms with Gasteiger partial charge in [-0.05, 0) is 31.5 Å². The number of benzene rings is 1. The first-order valence-electron chi connectivity index (χ1n) is 5.92. The predicted molar refractivity (Wildman–Crippen MR) is 75.1 cm³/mol. The number of halogens is 1. The number of nitrogens with two attached hydrogens (primary N) is 1. The molecule has 0 atom stereocenters. The van der Waals surface area contributed by atoms with Crippen molar-refractivity contribution in [1.82, 2.24) is 15.0 Å². The highest BCUT2D eigenvalue weighted by Crippen LogP contribution is 2.29. The fourth-order valence-electron chi connectivity index (χ4n) is 1.43. The molecule has 0 aliphatic carbocycles. The summed E-state index contributed by atoms with van der Waals surface area (Å²) in [5, 5.41) is 0.455. The molecule has 0 radical (unpaired) electrons. The van der Waals surface area contributed by atoms with E-state index in [0.717, 1.165) is 5.56 Å². The predicted octanol–water partition coefficient (Wildman–Crippen LogP) is 2.31. The van der Waals surface area contributed by atoms with Gasteiger partial charge in [0, 0.05) is 0 Å². The van der Waals surface area contributed by atoms with Crippen LogP contribution in [0.25, 0.3) is 0 Å². The van der Waals surface area contributed by atoms with Gasteiger partial charge in [-0.15, -0.1) is 4.98 Å². The van der Waals surface area contributed by atoms with Crippen LogP contribution in [0.5, 0.6) is 17.8 Å².